The predicted molar refractivity (Wildman–Crippen MR) is 283 cm³/mol. The third kappa shape index (κ3) is 11.7. The van der Waals surface area contributed by atoms with Crippen molar-refractivity contribution in [3.63, 3.8) is 0 Å². The first-order valence-corrected chi connectivity index (χ1v) is 26.5. The SMILES string of the molecule is COc1cc(NC2CCN(C(=O)CC(=O)O[C@@H]3CC/C=C/O[C@@]4(C)Oc5c(C)c(O)c6c(c5C4=O)C4=NC5(CCN(CC(C)C)CC5)NC4=C(NC(=O)/C(C)=C\C=C\C(C)[C@H](O)CC(O)[C@H]3C)C6=O)CC2)cc(OC)c1. The molecule has 5 bridgehead atoms. The van der Waals surface area contributed by atoms with E-state index in [9.17, 15) is 39.3 Å². The number of methoxy groups -OCH3 is 2. The molecule has 1 spiro atoms. The van der Waals surface area contributed by atoms with Gasteiger partial charge in [-0.05, 0) is 51.5 Å². The topological polar surface area (TPSA) is 247 Å². The fourth-order valence-corrected chi connectivity index (χ4v) is 10.9. The number of carbonyl (C=O) groups excluding carboxylic acids is 5. The minimum atomic E-state index is -1.96. The van der Waals surface area contributed by atoms with Crippen molar-refractivity contribution < 1.29 is 63.0 Å². The van der Waals surface area contributed by atoms with Gasteiger partial charge in [0.25, 0.3) is 11.7 Å². The van der Waals surface area contributed by atoms with Crippen molar-refractivity contribution in [1.82, 2.24) is 20.4 Å². The van der Waals surface area contributed by atoms with Crippen molar-refractivity contribution in [1.29, 1.82) is 0 Å². The van der Waals surface area contributed by atoms with E-state index >= 15 is 0 Å². The van der Waals surface area contributed by atoms with Gasteiger partial charge in [-0.3, -0.25) is 29.0 Å². The first-order chi connectivity index (χ1) is 36.1. The molecular formula is C57H74N6O13. The molecule has 76 heavy (non-hydrogen) atoms. The number of esters is 1. The predicted octanol–water partition coefficient (Wildman–Crippen LogP) is 5.99. The molecule has 0 aromatic heterocycles. The van der Waals surface area contributed by atoms with Gasteiger partial charge in [0.15, 0.2) is 0 Å². The number of likely N-dealkylation sites (tertiary alicyclic amines) is 2. The summed E-state index contributed by atoms with van der Waals surface area (Å²) in [5.41, 5.74) is 0.558. The summed E-state index contributed by atoms with van der Waals surface area (Å²) in [7, 11) is 3.17. The quantitative estimate of drug-likeness (QED) is 0.125. The molecule has 2 aromatic carbocycles. The number of carbonyl (C=O) groups is 5. The summed E-state index contributed by atoms with van der Waals surface area (Å²) in [4.78, 5) is 79.9. The van der Waals surface area contributed by atoms with Gasteiger partial charge in [0.1, 0.15) is 46.9 Å². The fourth-order valence-electron chi connectivity index (χ4n) is 10.9. The molecule has 19 heteroatoms. The Morgan fingerprint density at radius 1 is 0.934 bits per heavy atom. The van der Waals surface area contributed by atoms with Gasteiger partial charge in [0, 0.05) is 117 Å². The molecule has 410 valence electrons. The lowest BCUT2D eigenvalue weighted by atomic mass is 9.82. The summed E-state index contributed by atoms with van der Waals surface area (Å²) < 4.78 is 29.2. The van der Waals surface area contributed by atoms with E-state index in [-0.39, 0.29) is 81.9 Å². The number of aliphatic hydroxyl groups is 2. The zero-order valence-corrected chi connectivity index (χ0v) is 45.1. The van der Waals surface area contributed by atoms with Crippen molar-refractivity contribution in [2.75, 3.05) is 52.3 Å². The average Bonchev–Trinajstić information content (AvgIpc) is 3.93. The van der Waals surface area contributed by atoms with Crippen LogP contribution >= 0.6 is 0 Å². The Hall–Kier alpha value is -6.70. The number of allylic oxidation sites excluding steroid dienone is 5. The highest BCUT2D eigenvalue weighted by molar-refractivity contribution is 6.34. The number of aromatic hydroxyl groups is 1. The molecule has 19 nitrogen and oxygen atoms in total. The van der Waals surface area contributed by atoms with Gasteiger partial charge >= 0.3 is 11.8 Å². The average molecular weight is 1050 g/mol. The van der Waals surface area contributed by atoms with Crippen LogP contribution in [-0.4, -0.2) is 143 Å². The number of phenols is 1. The number of Topliss-reactive ketones (excluding diaryl/α,β-unsaturated/α-hetero) is 2. The highest BCUT2D eigenvalue weighted by Gasteiger charge is 2.54. The Kier molecular flexibility index (Phi) is 16.7. The maximum atomic E-state index is 14.8. The van der Waals surface area contributed by atoms with Gasteiger partial charge < -0.3 is 64.8 Å². The van der Waals surface area contributed by atoms with Crippen LogP contribution in [0.2, 0.25) is 0 Å². The molecule has 6 N–H and O–H groups in total. The van der Waals surface area contributed by atoms with Gasteiger partial charge in [-0.1, -0.05) is 45.9 Å². The Morgan fingerprint density at radius 2 is 1.62 bits per heavy atom. The highest BCUT2D eigenvalue weighted by atomic mass is 16.7. The number of nitrogens with zero attached hydrogens (tertiary/aromatic N) is 3. The number of nitrogens with one attached hydrogen (secondary N) is 3. The first kappa shape index (κ1) is 55.5. The van der Waals surface area contributed by atoms with Gasteiger partial charge in [-0.2, -0.15) is 0 Å². The summed E-state index contributed by atoms with van der Waals surface area (Å²) in [6, 6.07) is 5.60. The standard InChI is InChI=1S/C57H74N6O13/c1-31(2)30-62-22-18-57(19-23-62)60-48-45-46-51(68)35(6)53-47(45)54(70)56(7,76-53)74-24-11-10-15-42(34(5)41(65)28-40(64)32(3)13-12-14-33(4)55(71)59-50(52(46)69)49(48)61-57)75-44(67)29-43(66)63-20-16-36(17-21-63)58-37-25-38(72-8)27-39(26-37)73-9/h11-14,24-27,31-32,34,36,40-42,58,61,64-65,68H,10,15-23,28-30H2,1-9H3,(H,59,71)/b13-12+,24-11+,33-14-/t32?,34-,40-,41?,42-,56+/m1/s1. The molecule has 6 heterocycles. The van der Waals surface area contributed by atoms with E-state index in [1.54, 1.807) is 70.3 Å². The zero-order chi connectivity index (χ0) is 54.8. The van der Waals surface area contributed by atoms with Gasteiger partial charge in [-0.25, -0.2) is 0 Å². The summed E-state index contributed by atoms with van der Waals surface area (Å²) in [5.74, 6) is -4.92. The van der Waals surface area contributed by atoms with Crippen LogP contribution < -0.4 is 30.2 Å². The van der Waals surface area contributed by atoms with Crippen molar-refractivity contribution in [3.8, 4) is 23.0 Å². The summed E-state index contributed by atoms with van der Waals surface area (Å²) in [6.07, 6.45) is 6.83. The first-order valence-electron chi connectivity index (χ1n) is 26.5. The second-order valence-electron chi connectivity index (χ2n) is 21.6. The third-order valence-electron chi connectivity index (χ3n) is 15.6. The van der Waals surface area contributed by atoms with Crippen LogP contribution in [0.5, 0.6) is 23.0 Å². The van der Waals surface area contributed by atoms with Crippen LogP contribution in [0.15, 0.2) is 70.7 Å². The number of ether oxygens (including phenoxy) is 5. The maximum Gasteiger partial charge on any atom is 0.315 e. The Bertz CT molecular complexity index is 2740. The number of aliphatic imine (C=N–C) groups is 1. The Labute approximate surface area is 444 Å². The molecule has 2 amide bonds. The molecule has 7 aliphatic rings. The third-order valence-corrected chi connectivity index (χ3v) is 15.6. The van der Waals surface area contributed by atoms with Crippen molar-refractivity contribution in [3.05, 3.63) is 88.0 Å². The molecule has 2 aromatic rings. The Balaban J connectivity index is 1.03. The largest absolute Gasteiger partial charge is 0.507 e. The number of hydrogen-bond donors (Lipinski definition) is 6. The van der Waals surface area contributed by atoms with Gasteiger partial charge in [-0.15, -0.1) is 0 Å². The normalized spacial score (nSPS) is 27.8. The molecule has 2 unspecified atom stereocenters. The minimum Gasteiger partial charge on any atom is -0.507 e. The van der Waals surface area contributed by atoms with E-state index in [1.807, 2.05) is 12.1 Å². The molecule has 9 rings (SSSR count). The molecule has 0 saturated carbocycles. The summed E-state index contributed by atoms with van der Waals surface area (Å²) in [6.45, 7) is 15.5. The monoisotopic (exact) mass is 1050 g/mol. The van der Waals surface area contributed by atoms with Crippen molar-refractivity contribution in [2.24, 2.45) is 22.7 Å². The number of hydrogen-bond acceptors (Lipinski definition) is 17. The van der Waals surface area contributed by atoms with E-state index in [2.05, 4.69) is 34.7 Å². The van der Waals surface area contributed by atoms with Crippen LogP contribution in [0.25, 0.3) is 0 Å². The lowest BCUT2D eigenvalue weighted by Crippen LogP contribution is -2.50. The van der Waals surface area contributed by atoms with E-state index in [0.29, 0.717) is 69.3 Å². The number of benzene rings is 2. The second kappa shape index (κ2) is 22.9. The number of ketones is 2. The summed E-state index contributed by atoms with van der Waals surface area (Å²) >= 11 is 0. The number of anilines is 1. The minimum absolute atomic E-state index is 0.0129. The van der Waals surface area contributed by atoms with Gasteiger partial charge in [0.05, 0.1) is 55.2 Å². The number of piperidine rings is 2. The molecule has 6 atom stereocenters. The van der Waals surface area contributed by atoms with E-state index in [1.165, 1.54) is 20.1 Å². The lowest BCUT2D eigenvalue weighted by Gasteiger charge is -2.38. The lowest BCUT2D eigenvalue weighted by molar-refractivity contribution is -0.158. The molecule has 1 aliphatic carbocycles. The van der Waals surface area contributed by atoms with Crippen LogP contribution in [-0.2, 0) is 23.9 Å². The van der Waals surface area contributed by atoms with Crippen LogP contribution in [0.3, 0.4) is 0 Å². The number of phenolic OH excluding ortho intramolecular Hbond substituents is 1. The molecule has 0 radical (unpaired) electrons. The molecule has 6 aliphatic heterocycles. The number of rotatable bonds is 9. The maximum absolute atomic E-state index is 14.8. The van der Waals surface area contributed by atoms with Crippen LogP contribution in [0.4, 0.5) is 5.69 Å². The number of aliphatic hydroxyl groups excluding tert-OH is 2. The Morgan fingerprint density at radius 3 is 2.28 bits per heavy atom. The summed E-state index contributed by atoms with van der Waals surface area (Å²) in [5, 5.41) is 44.5. The van der Waals surface area contributed by atoms with Crippen molar-refractivity contribution in [2.45, 2.75) is 136 Å². The zero-order valence-electron chi connectivity index (χ0n) is 45.1. The fraction of sp³-hybridized carbons (Fsp3) is 0.544. The highest BCUT2D eigenvalue weighted by Crippen LogP contribution is 2.50. The number of fused-ring (bicyclic) bond motifs is 13. The smallest absolute Gasteiger partial charge is 0.315 e. The molecule has 2 fully saturated rings. The van der Waals surface area contributed by atoms with E-state index in [0.717, 1.165) is 12.2 Å². The van der Waals surface area contributed by atoms with Crippen molar-refractivity contribution >= 4 is 40.7 Å². The molecular weight excluding hydrogens is 977 g/mol. The second-order valence-corrected chi connectivity index (χ2v) is 21.6. The molecule has 2 saturated heterocycles. The van der Waals surface area contributed by atoms with Gasteiger partial charge in [0.2, 0.25) is 11.7 Å². The van der Waals surface area contributed by atoms with E-state index < -0.39 is 77.2 Å². The van der Waals surface area contributed by atoms with E-state index in [4.69, 9.17) is 28.7 Å². The number of amides is 2. The van der Waals surface area contributed by atoms with Crippen LogP contribution in [0.1, 0.15) is 125 Å². The van der Waals surface area contributed by atoms with Crippen LogP contribution in [0, 0.1) is 24.7 Å².